The molecule has 3 aromatic rings. The van der Waals surface area contributed by atoms with Gasteiger partial charge in [0, 0.05) is 11.0 Å². The highest BCUT2D eigenvalue weighted by Gasteiger charge is 2.17. The van der Waals surface area contributed by atoms with Crippen LogP contribution in [0.15, 0.2) is 51.9 Å². The van der Waals surface area contributed by atoms with E-state index in [2.05, 4.69) is 10.1 Å². The van der Waals surface area contributed by atoms with Crippen LogP contribution in [0.4, 0.5) is 0 Å². The summed E-state index contributed by atoms with van der Waals surface area (Å²) in [4.78, 5) is 17.4. The molecule has 0 aliphatic rings. The summed E-state index contributed by atoms with van der Waals surface area (Å²) in [5.74, 6) is 1.29. The van der Waals surface area contributed by atoms with Crippen molar-refractivity contribution in [3.8, 4) is 22.9 Å². The average Bonchev–Trinajstić information content (AvgIpc) is 3.20. The molecule has 0 N–H and O–H groups in total. The summed E-state index contributed by atoms with van der Waals surface area (Å²) >= 11 is 1.48. The molecule has 8 heteroatoms. The predicted octanol–water partition coefficient (Wildman–Crippen LogP) is 3.83. The number of rotatable bonds is 7. The molecule has 140 valence electrons. The fourth-order valence-corrected chi connectivity index (χ4v) is 3.01. The molecule has 3 rings (SSSR count). The van der Waals surface area contributed by atoms with E-state index in [0.29, 0.717) is 28.5 Å². The van der Waals surface area contributed by atoms with Crippen molar-refractivity contribution in [1.82, 2.24) is 10.1 Å². The summed E-state index contributed by atoms with van der Waals surface area (Å²) in [5, 5.41) is 3.93. The fraction of sp³-hybridized carbons (Fsp3) is 0.211. The Morgan fingerprint density at radius 1 is 1.15 bits per heavy atom. The molecule has 0 amide bonds. The quantitative estimate of drug-likeness (QED) is 0.447. The summed E-state index contributed by atoms with van der Waals surface area (Å²) in [7, 11) is 3.12. The molecule has 0 spiro atoms. The van der Waals surface area contributed by atoms with E-state index in [4.69, 9.17) is 18.7 Å². The van der Waals surface area contributed by atoms with Crippen LogP contribution in [0, 0.1) is 0 Å². The van der Waals surface area contributed by atoms with Crippen LogP contribution in [0.5, 0.6) is 11.5 Å². The van der Waals surface area contributed by atoms with Crippen LogP contribution in [0.3, 0.4) is 0 Å². The minimum absolute atomic E-state index is 0.118. The topological polar surface area (TPSA) is 83.7 Å². The first-order chi connectivity index (χ1) is 13.2. The van der Waals surface area contributed by atoms with E-state index in [9.17, 15) is 4.79 Å². The van der Waals surface area contributed by atoms with Gasteiger partial charge in [-0.1, -0.05) is 17.3 Å². The van der Waals surface area contributed by atoms with Gasteiger partial charge in [0.1, 0.15) is 11.5 Å². The first kappa shape index (κ1) is 18.8. The third-order valence-electron chi connectivity index (χ3n) is 3.77. The Morgan fingerprint density at radius 2 is 1.96 bits per heavy atom. The van der Waals surface area contributed by atoms with Crippen molar-refractivity contribution in [3.05, 3.63) is 53.9 Å². The summed E-state index contributed by atoms with van der Waals surface area (Å²) in [5.41, 5.74) is 1.15. The number of benzene rings is 2. The number of hydrogen-bond donors (Lipinski definition) is 0. The number of nitrogens with zero attached hydrogens (tertiary/aromatic N) is 2. The molecule has 0 fully saturated rings. The lowest BCUT2D eigenvalue weighted by Gasteiger charge is -2.07. The van der Waals surface area contributed by atoms with Crippen LogP contribution < -0.4 is 9.47 Å². The molecule has 0 radical (unpaired) electrons. The SMILES string of the molecule is COc1ccc(-c2noc(COC(=O)c3ccccc3SC)n2)c(OC)c1. The highest BCUT2D eigenvalue weighted by molar-refractivity contribution is 7.98. The molecular weight excluding hydrogens is 368 g/mol. The van der Waals surface area contributed by atoms with Gasteiger partial charge in [-0.05, 0) is 30.5 Å². The van der Waals surface area contributed by atoms with Crippen molar-refractivity contribution in [3.63, 3.8) is 0 Å². The van der Waals surface area contributed by atoms with Crippen LogP contribution in [-0.2, 0) is 11.3 Å². The third kappa shape index (κ3) is 4.22. The normalized spacial score (nSPS) is 10.5. The van der Waals surface area contributed by atoms with Crippen molar-refractivity contribution < 1.29 is 23.5 Å². The summed E-state index contributed by atoms with van der Waals surface area (Å²) < 4.78 is 21.0. The zero-order chi connectivity index (χ0) is 19.2. The highest BCUT2D eigenvalue weighted by Crippen LogP contribution is 2.31. The van der Waals surface area contributed by atoms with Gasteiger partial charge in [0.2, 0.25) is 5.82 Å². The summed E-state index contributed by atoms with van der Waals surface area (Å²) in [6, 6.07) is 12.5. The molecule has 0 bridgehead atoms. The van der Waals surface area contributed by atoms with Crippen LogP contribution >= 0.6 is 11.8 Å². The predicted molar refractivity (Wildman–Crippen MR) is 100 cm³/mol. The summed E-state index contributed by atoms with van der Waals surface area (Å²) in [6.07, 6.45) is 1.90. The molecule has 0 atom stereocenters. The van der Waals surface area contributed by atoms with Crippen LogP contribution in [-0.4, -0.2) is 36.6 Å². The Labute approximate surface area is 160 Å². The first-order valence-electron chi connectivity index (χ1n) is 8.01. The van der Waals surface area contributed by atoms with E-state index in [1.807, 2.05) is 18.4 Å². The van der Waals surface area contributed by atoms with E-state index >= 15 is 0 Å². The van der Waals surface area contributed by atoms with Crippen LogP contribution in [0.25, 0.3) is 11.4 Å². The zero-order valence-corrected chi connectivity index (χ0v) is 15.9. The number of esters is 1. The summed E-state index contributed by atoms with van der Waals surface area (Å²) in [6.45, 7) is -0.118. The Kier molecular flexibility index (Phi) is 5.97. The molecule has 7 nitrogen and oxygen atoms in total. The number of hydrogen-bond acceptors (Lipinski definition) is 8. The largest absolute Gasteiger partial charge is 0.497 e. The minimum Gasteiger partial charge on any atom is -0.497 e. The highest BCUT2D eigenvalue weighted by atomic mass is 32.2. The molecule has 0 aliphatic carbocycles. The molecular formula is C19H18N2O5S. The lowest BCUT2D eigenvalue weighted by atomic mass is 10.2. The van der Waals surface area contributed by atoms with Gasteiger partial charge in [-0.2, -0.15) is 4.98 Å². The smallest absolute Gasteiger partial charge is 0.339 e. The van der Waals surface area contributed by atoms with Gasteiger partial charge in [0.15, 0.2) is 6.61 Å². The number of aromatic nitrogens is 2. The van der Waals surface area contributed by atoms with Crippen molar-refractivity contribution in [1.29, 1.82) is 0 Å². The van der Waals surface area contributed by atoms with Crippen LogP contribution in [0.2, 0.25) is 0 Å². The van der Waals surface area contributed by atoms with Gasteiger partial charge in [-0.15, -0.1) is 11.8 Å². The van der Waals surface area contributed by atoms with Crippen molar-refractivity contribution in [2.24, 2.45) is 0 Å². The Morgan fingerprint density at radius 3 is 2.70 bits per heavy atom. The van der Waals surface area contributed by atoms with E-state index in [-0.39, 0.29) is 12.5 Å². The van der Waals surface area contributed by atoms with Gasteiger partial charge >= 0.3 is 5.97 Å². The Bertz CT molecular complexity index is 941. The lowest BCUT2D eigenvalue weighted by molar-refractivity contribution is 0.0425. The minimum atomic E-state index is -0.443. The average molecular weight is 386 g/mol. The molecule has 0 saturated carbocycles. The number of thioether (sulfide) groups is 1. The Balaban J connectivity index is 1.72. The molecule has 2 aromatic carbocycles. The monoisotopic (exact) mass is 386 g/mol. The molecule has 0 saturated heterocycles. The van der Waals surface area contributed by atoms with Gasteiger partial charge in [0.25, 0.3) is 5.89 Å². The lowest BCUT2D eigenvalue weighted by Crippen LogP contribution is -2.06. The van der Waals surface area contributed by atoms with E-state index in [0.717, 1.165) is 4.90 Å². The maximum absolute atomic E-state index is 12.3. The molecule has 1 aromatic heterocycles. The Hall–Kier alpha value is -3.00. The van der Waals surface area contributed by atoms with E-state index < -0.39 is 5.97 Å². The second kappa shape index (κ2) is 8.59. The van der Waals surface area contributed by atoms with E-state index in [1.54, 1.807) is 44.6 Å². The maximum Gasteiger partial charge on any atom is 0.339 e. The number of carbonyl (C=O) groups excluding carboxylic acids is 1. The van der Waals surface area contributed by atoms with Crippen molar-refractivity contribution in [2.75, 3.05) is 20.5 Å². The van der Waals surface area contributed by atoms with Gasteiger partial charge < -0.3 is 18.7 Å². The maximum atomic E-state index is 12.3. The number of methoxy groups -OCH3 is 2. The fourth-order valence-electron chi connectivity index (χ4n) is 2.42. The van der Waals surface area contributed by atoms with Gasteiger partial charge in [-0.3, -0.25) is 0 Å². The number of carbonyl (C=O) groups is 1. The standard InChI is InChI=1S/C19H18N2O5S/c1-23-12-8-9-13(15(10-12)24-2)18-20-17(26-21-18)11-25-19(22)14-6-4-5-7-16(14)27-3/h4-10H,11H2,1-3H3. The third-order valence-corrected chi connectivity index (χ3v) is 4.57. The van der Waals surface area contributed by atoms with Gasteiger partial charge in [-0.25, -0.2) is 4.79 Å². The molecule has 0 unspecified atom stereocenters. The molecule has 27 heavy (non-hydrogen) atoms. The molecule has 0 aliphatic heterocycles. The van der Waals surface area contributed by atoms with Crippen LogP contribution in [0.1, 0.15) is 16.2 Å². The molecule has 1 heterocycles. The first-order valence-corrected chi connectivity index (χ1v) is 9.24. The number of ether oxygens (including phenoxy) is 3. The van der Waals surface area contributed by atoms with Crippen molar-refractivity contribution in [2.45, 2.75) is 11.5 Å². The van der Waals surface area contributed by atoms with Gasteiger partial charge in [0.05, 0.1) is 25.3 Å². The second-order valence-electron chi connectivity index (χ2n) is 5.35. The zero-order valence-electron chi connectivity index (χ0n) is 15.1. The second-order valence-corrected chi connectivity index (χ2v) is 6.20. The van der Waals surface area contributed by atoms with E-state index in [1.165, 1.54) is 11.8 Å². The van der Waals surface area contributed by atoms with Crippen molar-refractivity contribution >= 4 is 17.7 Å².